The van der Waals surface area contributed by atoms with Gasteiger partial charge in [0.15, 0.2) is 0 Å². The molecule has 1 aromatic rings. The molecule has 1 heterocycles. The Labute approximate surface area is 85.7 Å². The number of nitrogens with zero attached hydrogens (tertiary/aromatic N) is 1. The molecule has 6 heteroatoms. The van der Waals surface area contributed by atoms with Crippen molar-refractivity contribution in [2.75, 3.05) is 0 Å². The number of aliphatic carboxylic acids is 1. The van der Waals surface area contributed by atoms with Crippen LogP contribution < -0.4 is 0 Å². The molecule has 1 unspecified atom stereocenters. The Balaban J connectivity index is 2.51. The highest BCUT2D eigenvalue weighted by molar-refractivity contribution is 5.69. The molecule has 0 amide bonds. The molecule has 1 atom stereocenters. The molecule has 0 aliphatic heterocycles. The van der Waals surface area contributed by atoms with Crippen molar-refractivity contribution in [3.63, 3.8) is 0 Å². The van der Waals surface area contributed by atoms with E-state index in [0.717, 1.165) is 0 Å². The van der Waals surface area contributed by atoms with Crippen LogP contribution >= 0.6 is 0 Å². The first-order valence-corrected chi connectivity index (χ1v) is 4.46. The maximum atomic E-state index is 10.5. The Morgan fingerprint density at radius 1 is 1.67 bits per heavy atom. The minimum atomic E-state index is -0.879. The molecule has 0 spiro atoms. The fourth-order valence-electron chi connectivity index (χ4n) is 1.08. The predicted octanol–water partition coefficient (Wildman–Crippen LogP) is 1.84. The van der Waals surface area contributed by atoms with Crippen molar-refractivity contribution in [2.24, 2.45) is 5.92 Å². The molecule has 15 heavy (non-hydrogen) atoms. The number of carbonyl (C=O) groups is 1. The summed E-state index contributed by atoms with van der Waals surface area (Å²) in [5.74, 6) is -1.23. The van der Waals surface area contributed by atoms with Gasteiger partial charge in [-0.15, -0.1) is 0 Å². The summed E-state index contributed by atoms with van der Waals surface area (Å²) in [5.41, 5.74) is 0. The molecule has 0 aliphatic rings. The molecule has 0 fully saturated rings. The summed E-state index contributed by atoms with van der Waals surface area (Å²) < 4.78 is 4.88. The van der Waals surface area contributed by atoms with Crippen molar-refractivity contribution in [3.05, 3.63) is 28.0 Å². The van der Waals surface area contributed by atoms with Gasteiger partial charge in [0, 0.05) is 6.42 Å². The molecular formula is C9H11NO5. The van der Waals surface area contributed by atoms with Crippen molar-refractivity contribution in [3.8, 4) is 0 Å². The molecule has 6 nitrogen and oxygen atoms in total. The van der Waals surface area contributed by atoms with Gasteiger partial charge < -0.3 is 9.52 Å². The second kappa shape index (κ2) is 4.59. The first-order chi connectivity index (χ1) is 7.00. The molecule has 0 aliphatic carbocycles. The Morgan fingerprint density at radius 2 is 2.33 bits per heavy atom. The monoisotopic (exact) mass is 213 g/mol. The van der Waals surface area contributed by atoms with Crippen LogP contribution in [0.15, 0.2) is 16.5 Å². The fraction of sp³-hybridized carbons (Fsp3) is 0.444. The second-order valence-electron chi connectivity index (χ2n) is 3.28. The number of aryl methyl sites for hydroxylation is 1. The first kappa shape index (κ1) is 11.2. The summed E-state index contributed by atoms with van der Waals surface area (Å²) in [6, 6.07) is 2.76. The van der Waals surface area contributed by atoms with Crippen LogP contribution in [0.5, 0.6) is 0 Å². The van der Waals surface area contributed by atoms with E-state index in [1.54, 1.807) is 6.92 Å². The standard InChI is InChI=1S/C9H11NO5/c1-6(9(11)12)2-3-7-4-5-8(15-7)10(13)14/h4-6H,2-3H2,1H3,(H,11,12). The average molecular weight is 213 g/mol. The van der Waals surface area contributed by atoms with Crippen LogP contribution in [0.3, 0.4) is 0 Å². The van der Waals surface area contributed by atoms with Gasteiger partial charge >= 0.3 is 11.9 Å². The number of carboxylic acids is 1. The lowest BCUT2D eigenvalue weighted by Gasteiger charge is -2.02. The highest BCUT2D eigenvalue weighted by Gasteiger charge is 2.15. The van der Waals surface area contributed by atoms with Gasteiger partial charge in [-0.2, -0.15) is 0 Å². The zero-order chi connectivity index (χ0) is 11.4. The molecular weight excluding hydrogens is 202 g/mol. The van der Waals surface area contributed by atoms with Crippen LogP contribution in [0.25, 0.3) is 0 Å². The van der Waals surface area contributed by atoms with Gasteiger partial charge in [0.25, 0.3) is 0 Å². The van der Waals surface area contributed by atoms with Crippen LogP contribution in [0, 0.1) is 16.0 Å². The van der Waals surface area contributed by atoms with Crippen LogP contribution in [-0.4, -0.2) is 16.0 Å². The average Bonchev–Trinajstić information content (AvgIpc) is 2.62. The third-order valence-electron chi connectivity index (χ3n) is 2.07. The number of furan rings is 1. The van der Waals surface area contributed by atoms with E-state index < -0.39 is 16.8 Å². The maximum absolute atomic E-state index is 10.5. The smallest absolute Gasteiger partial charge is 0.433 e. The number of nitro groups is 1. The zero-order valence-electron chi connectivity index (χ0n) is 8.17. The van der Waals surface area contributed by atoms with Gasteiger partial charge in [-0.3, -0.25) is 14.9 Å². The normalized spacial score (nSPS) is 12.3. The highest BCUT2D eigenvalue weighted by atomic mass is 16.6. The van der Waals surface area contributed by atoms with Gasteiger partial charge in [0.1, 0.15) is 10.7 Å². The van der Waals surface area contributed by atoms with Crippen LogP contribution in [-0.2, 0) is 11.2 Å². The van der Waals surface area contributed by atoms with Crippen LogP contribution in [0.1, 0.15) is 19.1 Å². The lowest BCUT2D eigenvalue weighted by molar-refractivity contribution is -0.402. The Bertz CT molecular complexity index is 370. The third kappa shape index (κ3) is 3.08. The molecule has 1 N–H and O–H groups in total. The summed E-state index contributed by atoms with van der Waals surface area (Å²) in [6.07, 6.45) is 0.793. The SMILES string of the molecule is CC(CCc1ccc([N+](=O)[O-])o1)C(=O)O. The predicted molar refractivity (Wildman–Crippen MR) is 50.5 cm³/mol. The van der Waals surface area contributed by atoms with E-state index in [1.165, 1.54) is 12.1 Å². The summed E-state index contributed by atoms with van der Waals surface area (Å²) in [5, 5.41) is 18.9. The summed E-state index contributed by atoms with van der Waals surface area (Å²) >= 11 is 0. The summed E-state index contributed by atoms with van der Waals surface area (Å²) in [7, 11) is 0. The third-order valence-corrected chi connectivity index (χ3v) is 2.07. The van der Waals surface area contributed by atoms with Gasteiger partial charge in [-0.25, -0.2) is 0 Å². The van der Waals surface area contributed by atoms with Gasteiger partial charge in [-0.05, 0) is 12.5 Å². The molecule has 82 valence electrons. The minimum Gasteiger partial charge on any atom is -0.481 e. The van der Waals surface area contributed by atoms with Gasteiger partial charge in [-0.1, -0.05) is 6.92 Å². The van der Waals surface area contributed by atoms with Crippen molar-refractivity contribution in [1.29, 1.82) is 0 Å². The van der Waals surface area contributed by atoms with Gasteiger partial charge in [0.2, 0.25) is 0 Å². The minimum absolute atomic E-state index is 0.312. The van der Waals surface area contributed by atoms with E-state index in [0.29, 0.717) is 18.6 Å². The maximum Gasteiger partial charge on any atom is 0.433 e. The largest absolute Gasteiger partial charge is 0.481 e. The number of hydrogen-bond donors (Lipinski definition) is 1. The van der Waals surface area contributed by atoms with Crippen LogP contribution in [0.2, 0.25) is 0 Å². The molecule has 0 radical (unpaired) electrons. The summed E-state index contributed by atoms with van der Waals surface area (Å²) in [4.78, 5) is 20.2. The lowest BCUT2D eigenvalue weighted by Crippen LogP contribution is -2.09. The molecule has 0 saturated heterocycles. The molecule has 1 aromatic heterocycles. The molecule has 0 saturated carbocycles. The van der Waals surface area contributed by atoms with E-state index in [2.05, 4.69) is 0 Å². The molecule has 0 aromatic carbocycles. The van der Waals surface area contributed by atoms with Crippen molar-refractivity contribution >= 4 is 11.9 Å². The van der Waals surface area contributed by atoms with Crippen LogP contribution in [0.4, 0.5) is 5.88 Å². The van der Waals surface area contributed by atoms with Gasteiger partial charge in [0.05, 0.1) is 12.0 Å². The quantitative estimate of drug-likeness (QED) is 0.594. The Morgan fingerprint density at radius 3 is 2.80 bits per heavy atom. The van der Waals surface area contributed by atoms with E-state index in [-0.39, 0.29) is 5.88 Å². The van der Waals surface area contributed by atoms with Crippen molar-refractivity contribution in [1.82, 2.24) is 0 Å². The number of rotatable bonds is 5. The highest BCUT2D eigenvalue weighted by Crippen LogP contribution is 2.18. The van der Waals surface area contributed by atoms with E-state index >= 15 is 0 Å². The first-order valence-electron chi connectivity index (χ1n) is 4.46. The topological polar surface area (TPSA) is 93.6 Å². The Kier molecular flexibility index (Phi) is 3.43. The molecule has 1 rings (SSSR count). The molecule has 0 bridgehead atoms. The summed E-state index contributed by atoms with van der Waals surface area (Å²) in [6.45, 7) is 1.58. The second-order valence-corrected chi connectivity index (χ2v) is 3.28. The number of carboxylic acid groups (broad SMARTS) is 1. The van der Waals surface area contributed by atoms with Crippen molar-refractivity contribution < 1.29 is 19.2 Å². The van der Waals surface area contributed by atoms with E-state index in [4.69, 9.17) is 9.52 Å². The van der Waals surface area contributed by atoms with E-state index in [1.807, 2.05) is 0 Å². The van der Waals surface area contributed by atoms with E-state index in [9.17, 15) is 14.9 Å². The van der Waals surface area contributed by atoms with Crippen molar-refractivity contribution in [2.45, 2.75) is 19.8 Å². The zero-order valence-corrected chi connectivity index (χ0v) is 8.17. The lowest BCUT2D eigenvalue weighted by atomic mass is 10.1. The Hall–Kier alpha value is -1.85. The number of hydrogen-bond acceptors (Lipinski definition) is 4. The fourth-order valence-corrected chi connectivity index (χ4v) is 1.08.